The lowest BCUT2D eigenvalue weighted by atomic mass is 10.2. The molecular weight excluding hydrogens is 263 g/mol. The average Bonchev–Trinajstić information content (AvgIpc) is 2.87. The van der Waals surface area contributed by atoms with Crippen molar-refractivity contribution in [1.29, 1.82) is 0 Å². The van der Waals surface area contributed by atoms with Gasteiger partial charge in [0, 0.05) is 12.4 Å². The molecule has 0 amide bonds. The Hall–Kier alpha value is -2.58. The number of amidine groups is 1. The molecule has 9 heteroatoms. The van der Waals surface area contributed by atoms with Crippen LogP contribution in [0.2, 0.25) is 0 Å². The lowest BCUT2D eigenvalue weighted by molar-refractivity contribution is -0.137. The fourth-order valence-corrected chi connectivity index (χ4v) is 1.42. The standard InChI is InChI=1S/C10H8F3N5O/c11-10(12,13)6-4-16-18(5-6)9-7(8(14)17-19)2-1-3-15-9/h1-5,19H,(H2,14,17). The Labute approximate surface area is 105 Å². The van der Waals surface area contributed by atoms with Crippen LogP contribution < -0.4 is 5.73 Å². The van der Waals surface area contributed by atoms with Crippen LogP contribution in [0.4, 0.5) is 13.2 Å². The van der Waals surface area contributed by atoms with E-state index in [-0.39, 0.29) is 17.2 Å². The van der Waals surface area contributed by atoms with Crippen LogP contribution in [-0.4, -0.2) is 25.8 Å². The van der Waals surface area contributed by atoms with Crippen LogP contribution in [0.25, 0.3) is 5.82 Å². The lowest BCUT2D eigenvalue weighted by Gasteiger charge is -2.06. The molecule has 100 valence electrons. The minimum atomic E-state index is -4.50. The van der Waals surface area contributed by atoms with Gasteiger partial charge in [-0.1, -0.05) is 5.16 Å². The number of rotatable bonds is 2. The molecule has 0 saturated heterocycles. The SMILES string of the molecule is NC(=NO)c1cccnc1-n1cc(C(F)(F)F)cn1. The molecule has 0 aliphatic heterocycles. The number of nitrogens with zero attached hydrogens (tertiary/aromatic N) is 4. The van der Waals surface area contributed by atoms with Crippen LogP contribution in [-0.2, 0) is 6.18 Å². The molecule has 2 heterocycles. The third-order valence-electron chi connectivity index (χ3n) is 2.30. The Morgan fingerprint density at radius 2 is 2.16 bits per heavy atom. The van der Waals surface area contributed by atoms with Gasteiger partial charge in [0.15, 0.2) is 11.7 Å². The van der Waals surface area contributed by atoms with Gasteiger partial charge in [-0.15, -0.1) is 0 Å². The van der Waals surface area contributed by atoms with Crippen molar-refractivity contribution < 1.29 is 18.4 Å². The summed E-state index contributed by atoms with van der Waals surface area (Å²) in [6.07, 6.45) is -1.69. The van der Waals surface area contributed by atoms with E-state index in [9.17, 15) is 13.2 Å². The number of pyridine rings is 1. The number of nitrogens with two attached hydrogens (primary N) is 1. The summed E-state index contributed by atoms with van der Waals surface area (Å²) in [6.45, 7) is 0. The van der Waals surface area contributed by atoms with Crippen molar-refractivity contribution in [3.63, 3.8) is 0 Å². The summed E-state index contributed by atoms with van der Waals surface area (Å²) in [5, 5.41) is 15.0. The largest absolute Gasteiger partial charge is 0.419 e. The maximum atomic E-state index is 12.5. The van der Waals surface area contributed by atoms with Gasteiger partial charge in [-0.05, 0) is 12.1 Å². The van der Waals surface area contributed by atoms with Gasteiger partial charge in [-0.25, -0.2) is 9.67 Å². The first-order chi connectivity index (χ1) is 8.93. The van der Waals surface area contributed by atoms with E-state index >= 15 is 0 Å². The molecule has 2 aromatic heterocycles. The minimum absolute atomic E-state index is 0.0355. The average molecular weight is 271 g/mol. The topological polar surface area (TPSA) is 89.3 Å². The number of hydrogen-bond donors (Lipinski definition) is 2. The highest BCUT2D eigenvalue weighted by Crippen LogP contribution is 2.29. The highest BCUT2D eigenvalue weighted by atomic mass is 19.4. The Morgan fingerprint density at radius 3 is 2.74 bits per heavy atom. The normalized spacial score (nSPS) is 12.7. The molecule has 0 aromatic carbocycles. The summed E-state index contributed by atoms with van der Waals surface area (Å²) < 4.78 is 38.4. The van der Waals surface area contributed by atoms with Crippen LogP contribution in [0.5, 0.6) is 0 Å². The fraction of sp³-hybridized carbons (Fsp3) is 0.100. The van der Waals surface area contributed by atoms with Crippen molar-refractivity contribution in [1.82, 2.24) is 14.8 Å². The highest BCUT2D eigenvalue weighted by Gasteiger charge is 2.32. The molecule has 3 N–H and O–H groups in total. The smallest absolute Gasteiger partial charge is 0.409 e. The van der Waals surface area contributed by atoms with Crippen molar-refractivity contribution in [3.05, 3.63) is 41.9 Å². The lowest BCUT2D eigenvalue weighted by Crippen LogP contribution is -2.17. The second-order valence-corrected chi connectivity index (χ2v) is 3.53. The fourth-order valence-electron chi connectivity index (χ4n) is 1.42. The van der Waals surface area contributed by atoms with Gasteiger partial charge in [-0.3, -0.25) is 0 Å². The summed E-state index contributed by atoms with van der Waals surface area (Å²) in [6, 6.07) is 2.96. The Balaban J connectivity index is 2.51. The molecule has 2 aromatic rings. The molecule has 0 atom stereocenters. The second kappa shape index (κ2) is 4.59. The van der Waals surface area contributed by atoms with E-state index in [4.69, 9.17) is 10.9 Å². The van der Waals surface area contributed by atoms with Crippen LogP contribution in [0, 0.1) is 0 Å². The molecule has 0 radical (unpaired) electrons. The van der Waals surface area contributed by atoms with Gasteiger partial charge < -0.3 is 10.9 Å². The molecule has 0 aliphatic rings. The van der Waals surface area contributed by atoms with Crippen LogP contribution in [0.1, 0.15) is 11.1 Å². The van der Waals surface area contributed by atoms with Crippen molar-refractivity contribution in [2.24, 2.45) is 10.9 Å². The predicted molar refractivity (Wildman–Crippen MR) is 58.9 cm³/mol. The zero-order valence-electron chi connectivity index (χ0n) is 9.33. The molecule has 0 fully saturated rings. The monoisotopic (exact) mass is 271 g/mol. The Kier molecular flexibility index (Phi) is 3.11. The minimum Gasteiger partial charge on any atom is -0.409 e. The first kappa shape index (κ1) is 12.9. The summed E-state index contributed by atoms with van der Waals surface area (Å²) >= 11 is 0. The van der Waals surface area contributed by atoms with Crippen LogP contribution in [0.3, 0.4) is 0 Å². The van der Waals surface area contributed by atoms with Crippen molar-refractivity contribution in [2.45, 2.75) is 6.18 Å². The highest BCUT2D eigenvalue weighted by molar-refractivity contribution is 5.99. The van der Waals surface area contributed by atoms with E-state index in [1.807, 2.05) is 0 Å². The maximum Gasteiger partial charge on any atom is 0.419 e. The van der Waals surface area contributed by atoms with Gasteiger partial charge in [0.25, 0.3) is 0 Å². The van der Waals surface area contributed by atoms with Crippen LogP contribution >= 0.6 is 0 Å². The third-order valence-corrected chi connectivity index (χ3v) is 2.30. The van der Waals surface area contributed by atoms with E-state index in [0.29, 0.717) is 6.20 Å². The van der Waals surface area contributed by atoms with E-state index < -0.39 is 11.7 Å². The predicted octanol–water partition coefficient (Wildman–Crippen LogP) is 1.38. The Bertz CT molecular complexity index is 620. The van der Waals surface area contributed by atoms with Gasteiger partial charge >= 0.3 is 6.18 Å². The molecule has 0 unspecified atom stereocenters. The first-order valence-electron chi connectivity index (χ1n) is 4.98. The molecule has 0 bridgehead atoms. The molecule has 2 rings (SSSR count). The van der Waals surface area contributed by atoms with E-state index in [1.165, 1.54) is 18.3 Å². The summed E-state index contributed by atoms with van der Waals surface area (Å²) in [7, 11) is 0. The number of aromatic nitrogens is 3. The van der Waals surface area contributed by atoms with Gasteiger partial charge in [-0.2, -0.15) is 18.3 Å². The van der Waals surface area contributed by atoms with Gasteiger partial charge in [0.05, 0.1) is 17.3 Å². The number of halogens is 3. The summed E-state index contributed by atoms with van der Waals surface area (Å²) in [5.41, 5.74) is 4.68. The second-order valence-electron chi connectivity index (χ2n) is 3.53. The van der Waals surface area contributed by atoms with Crippen LogP contribution in [0.15, 0.2) is 35.9 Å². The maximum absolute atomic E-state index is 12.5. The number of oxime groups is 1. The molecule has 6 nitrogen and oxygen atoms in total. The van der Waals surface area contributed by atoms with E-state index in [0.717, 1.165) is 10.9 Å². The molecule has 0 saturated carbocycles. The Morgan fingerprint density at radius 1 is 1.42 bits per heavy atom. The first-order valence-corrected chi connectivity index (χ1v) is 4.98. The number of alkyl halides is 3. The van der Waals surface area contributed by atoms with Gasteiger partial charge in [0.2, 0.25) is 0 Å². The third kappa shape index (κ3) is 2.49. The van der Waals surface area contributed by atoms with E-state index in [1.54, 1.807) is 0 Å². The quantitative estimate of drug-likeness (QED) is 0.374. The summed E-state index contributed by atoms with van der Waals surface area (Å²) in [5.74, 6) is -0.236. The van der Waals surface area contributed by atoms with Crippen molar-refractivity contribution in [3.8, 4) is 5.82 Å². The summed E-state index contributed by atoms with van der Waals surface area (Å²) in [4.78, 5) is 3.87. The molecule has 0 spiro atoms. The molecule has 19 heavy (non-hydrogen) atoms. The van der Waals surface area contributed by atoms with Crippen molar-refractivity contribution in [2.75, 3.05) is 0 Å². The van der Waals surface area contributed by atoms with Crippen molar-refractivity contribution >= 4 is 5.84 Å². The molecular formula is C10H8F3N5O. The zero-order valence-corrected chi connectivity index (χ0v) is 9.33. The molecule has 0 aliphatic carbocycles. The van der Waals surface area contributed by atoms with Gasteiger partial charge in [0.1, 0.15) is 0 Å². The zero-order chi connectivity index (χ0) is 14.0. The van der Waals surface area contributed by atoms with E-state index in [2.05, 4.69) is 15.2 Å². The number of hydrogen-bond acceptors (Lipinski definition) is 4.